The number of hydrogen-bond donors (Lipinski definition) is 0. The van der Waals surface area contributed by atoms with Crippen LogP contribution in [0.2, 0.25) is 0 Å². The molecule has 0 aliphatic carbocycles. The fourth-order valence-electron chi connectivity index (χ4n) is 2.69. The minimum absolute atomic E-state index is 0.348. The SMILES string of the molecule is CCOC(=O)c1nc2ccnn2c2c1CCN2C(C)C. The van der Waals surface area contributed by atoms with Crippen LogP contribution in [0, 0.1) is 0 Å². The lowest BCUT2D eigenvalue weighted by Crippen LogP contribution is -2.30. The molecule has 0 saturated carbocycles. The van der Waals surface area contributed by atoms with E-state index in [4.69, 9.17) is 4.74 Å². The third-order valence-corrected chi connectivity index (χ3v) is 3.57. The highest BCUT2D eigenvalue weighted by Crippen LogP contribution is 2.32. The van der Waals surface area contributed by atoms with Crippen molar-refractivity contribution in [3.63, 3.8) is 0 Å². The molecule has 3 rings (SSSR count). The molecule has 0 radical (unpaired) electrons. The fourth-order valence-corrected chi connectivity index (χ4v) is 2.69. The first kappa shape index (κ1) is 12.9. The molecule has 6 heteroatoms. The highest BCUT2D eigenvalue weighted by atomic mass is 16.5. The number of fused-ring (bicyclic) bond motifs is 3. The van der Waals surface area contributed by atoms with Gasteiger partial charge in [-0.2, -0.15) is 9.61 Å². The number of rotatable bonds is 3. The number of carbonyl (C=O) groups is 1. The number of hydrogen-bond acceptors (Lipinski definition) is 5. The van der Waals surface area contributed by atoms with Crippen molar-refractivity contribution in [2.24, 2.45) is 0 Å². The quantitative estimate of drug-likeness (QED) is 0.797. The summed E-state index contributed by atoms with van der Waals surface area (Å²) in [7, 11) is 0. The molecule has 0 aromatic carbocycles. The first-order valence-corrected chi connectivity index (χ1v) is 6.93. The Hall–Kier alpha value is -2.11. The van der Waals surface area contributed by atoms with Gasteiger partial charge in [0.15, 0.2) is 11.3 Å². The summed E-state index contributed by atoms with van der Waals surface area (Å²) >= 11 is 0. The molecule has 0 bridgehead atoms. The molecule has 2 aromatic heterocycles. The van der Waals surface area contributed by atoms with Crippen LogP contribution in [0.3, 0.4) is 0 Å². The Kier molecular flexibility index (Phi) is 3.08. The van der Waals surface area contributed by atoms with E-state index in [1.807, 2.05) is 4.52 Å². The van der Waals surface area contributed by atoms with Gasteiger partial charge in [-0.1, -0.05) is 0 Å². The van der Waals surface area contributed by atoms with Crippen molar-refractivity contribution in [2.45, 2.75) is 33.2 Å². The predicted molar refractivity (Wildman–Crippen MR) is 75.1 cm³/mol. The summed E-state index contributed by atoms with van der Waals surface area (Å²) in [6, 6.07) is 2.15. The van der Waals surface area contributed by atoms with E-state index in [9.17, 15) is 4.79 Å². The number of anilines is 1. The highest BCUT2D eigenvalue weighted by Gasteiger charge is 2.31. The zero-order valence-electron chi connectivity index (χ0n) is 12.0. The van der Waals surface area contributed by atoms with E-state index in [2.05, 4.69) is 28.8 Å². The van der Waals surface area contributed by atoms with E-state index in [0.717, 1.165) is 24.3 Å². The molecule has 0 N–H and O–H groups in total. The topological polar surface area (TPSA) is 59.7 Å². The Morgan fingerprint density at radius 2 is 2.30 bits per heavy atom. The first-order valence-electron chi connectivity index (χ1n) is 6.93. The van der Waals surface area contributed by atoms with Gasteiger partial charge < -0.3 is 9.64 Å². The van der Waals surface area contributed by atoms with Crippen LogP contribution >= 0.6 is 0 Å². The van der Waals surface area contributed by atoms with Crippen molar-refractivity contribution in [1.29, 1.82) is 0 Å². The average molecular weight is 274 g/mol. The van der Waals surface area contributed by atoms with E-state index < -0.39 is 0 Å². The zero-order chi connectivity index (χ0) is 14.3. The number of aromatic nitrogens is 3. The summed E-state index contributed by atoms with van der Waals surface area (Å²) in [5.74, 6) is 0.621. The van der Waals surface area contributed by atoms with Crippen LogP contribution in [0.15, 0.2) is 12.3 Å². The van der Waals surface area contributed by atoms with Crippen LogP contribution in [0.25, 0.3) is 5.65 Å². The number of esters is 1. The summed E-state index contributed by atoms with van der Waals surface area (Å²) in [5, 5.41) is 4.33. The summed E-state index contributed by atoms with van der Waals surface area (Å²) in [5.41, 5.74) is 2.05. The Bertz CT molecular complexity index is 662. The third kappa shape index (κ3) is 1.83. The van der Waals surface area contributed by atoms with Crippen LogP contribution in [-0.4, -0.2) is 39.8 Å². The molecule has 6 nitrogen and oxygen atoms in total. The van der Waals surface area contributed by atoms with Gasteiger partial charge in [0.25, 0.3) is 0 Å². The lowest BCUT2D eigenvalue weighted by atomic mass is 10.2. The van der Waals surface area contributed by atoms with Gasteiger partial charge in [0.1, 0.15) is 5.82 Å². The van der Waals surface area contributed by atoms with Gasteiger partial charge in [0, 0.05) is 24.2 Å². The molecule has 2 aromatic rings. The molecule has 20 heavy (non-hydrogen) atoms. The Morgan fingerprint density at radius 1 is 1.50 bits per heavy atom. The molecule has 3 heterocycles. The molecule has 0 spiro atoms. The molecule has 1 aliphatic rings. The summed E-state index contributed by atoms with van der Waals surface area (Å²) in [4.78, 5) is 18.8. The van der Waals surface area contributed by atoms with E-state index in [1.165, 1.54) is 0 Å². The zero-order valence-corrected chi connectivity index (χ0v) is 12.0. The van der Waals surface area contributed by atoms with E-state index >= 15 is 0 Å². The molecular weight excluding hydrogens is 256 g/mol. The van der Waals surface area contributed by atoms with Crippen molar-refractivity contribution in [3.8, 4) is 0 Å². The standard InChI is InChI=1S/C14H18N4O2/c1-4-20-14(19)12-10-6-8-17(9(2)3)13(10)18-11(16-12)5-7-15-18/h5,7,9H,4,6,8H2,1-3H3. The van der Waals surface area contributed by atoms with Gasteiger partial charge in [-0.05, 0) is 27.2 Å². The molecule has 1 aliphatic heterocycles. The van der Waals surface area contributed by atoms with E-state index in [0.29, 0.717) is 24.0 Å². The molecule has 106 valence electrons. The normalized spacial score (nSPS) is 14.1. The molecule has 0 amide bonds. The molecule has 0 fully saturated rings. The van der Waals surface area contributed by atoms with E-state index in [-0.39, 0.29) is 5.97 Å². The van der Waals surface area contributed by atoms with Crippen LogP contribution in [-0.2, 0) is 11.2 Å². The molecule has 0 saturated heterocycles. The van der Waals surface area contributed by atoms with Crippen molar-refractivity contribution in [2.75, 3.05) is 18.1 Å². The van der Waals surface area contributed by atoms with Crippen molar-refractivity contribution < 1.29 is 9.53 Å². The van der Waals surface area contributed by atoms with Gasteiger partial charge >= 0.3 is 5.97 Å². The minimum Gasteiger partial charge on any atom is -0.461 e. The van der Waals surface area contributed by atoms with Crippen molar-refractivity contribution in [1.82, 2.24) is 14.6 Å². The summed E-state index contributed by atoms with van der Waals surface area (Å²) in [6.07, 6.45) is 2.50. The van der Waals surface area contributed by atoms with Crippen LogP contribution < -0.4 is 4.90 Å². The Labute approximate surface area is 117 Å². The van der Waals surface area contributed by atoms with Gasteiger partial charge in [-0.3, -0.25) is 0 Å². The lowest BCUT2D eigenvalue weighted by molar-refractivity contribution is 0.0518. The maximum Gasteiger partial charge on any atom is 0.357 e. The second kappa shape index (κ2) is 4.77. The minimum atomic E-state index is -0.349. The largest absolute Gasteiger partial charge is 0.461 e. The van der Waals surface area contributed by atoms with E-state index in [1.54, 1.807) is 19.2 Å². The second-order valence-electron chi connectivity index (χ2n) is 5.12. The van der Waals surface area contributed by atoms with Crippen LogP contribution in [0.4, 0.5) is 5.82 Å². The predicted octanol–water partition coefficient (Wildman–Crippen LogP) is 1.68. The van der Waals surface area contributed by atoms with Gasteiger partial charge in [-0.25, -0.2) is 9.78 Å². The average Bonchev–Trinajstić information content (AvgIpc) is 3.03. The Balaban J connectivity index is 2.22. The van der Waals surface area contributed by atoms with Gasteiger partial charge in [-0.15, -0.1) is 0 Å². The highest BCUT2D eigenvalue weighted by molar-refractivity contribution is 5.91. The number of carbonyl (C=O) groups excluding carboxylic acids is 1. The maximum absolute atomic E-state index is 12.1. The molecular formula is C14H18N4O2. The van der Waals surface area contributed by atoms with Crippen LogP contribution in [0.5, 0.6) is 0 Å². The number of ether oxygens (including phenoxy) is 1. The molecule has 0 unspecified atom stereocenters. The summed E-state index contributed by atoms with van der Waals surface area (Å²) < 4.78 is 6.94. The monoisotopic (exact) mass is 274 g/mol. The lowest BCUT2D eigenvalue weighted by Gasteiger charge is -2.24. The van der Waals surface area contributed by atoms with Crippen LogP contribution in [0.1, 0.15) is 36.8 Å². The fraction of sp³-hybridized carbons (Fsp3) is 0.500. The second-order valence-corrected chi connectivity index (χ2v) is 5.12. The maximum atomic E-state index is 12.1. The number of nitrogens with zero attached hydrogens (tertiary/aromatic N) is 4. The first-order chi connectivity index (χ1) is 9.63. The van der Waals surface area contributed by atoms with Crippen molar-refractivity contribution >= 4 is 17.4 Å². The summed E-state index contributed by atoms with van der Waals surface area (Å²) in [6.45, 7) is 7.30. The molecule has 0 atom stereocenters. The Morgan fingerprint density at radius 3 is 3.00 bits per heavy atom. The smallest absolute Gasteiger partial charge is 0.357 e. The third-order valence-electron chi connectivity index (χ3n) is 3.57. The van der Waals surface area contributed by atoms with Gasteiger partial charge in [0.2, 0.25) is 0 Å². The van der Waals surface area contributed by atoms with Gasteiger partial charge in [0.05, 0.1) is 12.8 Å². The van der Waals surface area contributed by atoms with Crippen molar-refractivity contribution in [3.05, 3.63) is 23.5 Å².